The molecule has 0 saturated carbocycles. The second kappa shape index (κ2) is 14.4. The number of aliphatic carboxylic acids is 2. The molecule has 0 aliphatic heterocycles. The molecule has 12 heteroatoms. The Morgan fingerprint density at radius 1 is 1.02 bits per heavy atom. The Kier molecular flexibility index (Phi) is 10.7. The monoisotopic (exact) mass is 547 g/mol. The molecule has 0 amide bonds. The number of aliphatic hydroxyl groups is 1. The van der Waals surface area contributed by atoms with Gasteiger partial charge in [0.1, 0.15) is 0 Å². The minimum Gasteiger partial charge on any atom is -0.478 e. The van der Waals surface area contributed by atoms with E-state index in [4.69, 9.17) is 10.2 Å². The van der Waals surface area contributed by atoms with Gasteiger partial charge in [-0.3, -0.25) is 4.98 Å². The molecule has 40 heavy (non-hydrogen) atoms. The van der Waals surface area contributed by atoms with Gasteiger partial charge in [0.15, 0.2) is 5.65 Å². The highest BCUT2D eigenvalue weighted by atomic mass is 16.4. The van der Waals surface area contributed by atoms with Crippen LogP contribution < -0.4 is 10.6 Å². The third-order valence-electron chi connectivity index (χ3n) is 5.80. The number of fused-ring (bicyclic) bond motifs is 1. The van der Waals surface area contributed by atoms with Crippen LogP contribution in [-0.2, 0) is 16.1 Å². The maximum absolute atomic E-state index is 9.57. The molecule has 1 atom stereocenters. The van der Waals surface area contributed by atoms with Crippen LogP contribution in [0.3, 0.4) is 0 Å². The van der Waals surface area contributed by atoms with E-state index in [1.54, 1.807) is 10.7 Å². The molecule has 4 aromatic rings. The molecule has 0 saturated heterocycles. The molecule has 0 spiro atoms. The molecule has 0 radical (unpaired) electrons. The van der Waals surface area contributed by atoms with Crippen LogP contribution >= 0.6 is 0 Å². The highest BCUT2D eigenvalue weighted by molar-refractivity contribution is 5.89. The summed E-state index contributed by atoms with van der Waals surface area (Å²) in [4.78, 5) is 32.8. The highest BCUT2D eigenvalue weighted by Crippen LogP contribution is 2.23. The number of rotatable bonds is 11. The molecular weight excluding hydrogens is 514 g/mol. The van der Waals surface area contributed by atoms with Crippen LogP contribution in [0, 0.1) is 0 Å². The van der Waals surface area contributed by atoms with Gasteiger partial charge in [0, 0.05) is 36.0 Å². The van der Waals surface area contributed by atoms with E-state index in [2.05, 4.69) is 68.8 Å². The van der Waals surface area contributed by atoms with Crippen molar-refractivity contribution >= 4 is 29.5 Å². The molecule has 0 fully saturated rings. The Balaban J connectivity index is 0.000000482. The number of benzene rings is 1. The zero-order valence-corrected chi connectivity index (χ0v) is 22.5. The first-order chi connectivity index (χ1) is 19.2. The summed E-state index contributed by atoms with van der Waals surface area (Å²) in [5.41, 5.74) is 4.96. The van der Waals surface area contributed by atoms with Crippen molar-refractivity contribution in [1.82, 2.24) is 24.6 Å². The molecule has 210 valence electrons. The van der Waals surface area contributed by atoms with Gasteiger partial charge in [0.05, 0.1) is 24.5 Å². The first-order valence-corrected chi connectivity index (χ1v) is 12.7. The smallest absolute Gasteiger partial charge is 0.328 e. The average Bonchev–Trinajstić information content (AvgIpc) is 3.39. The molecule has 0 aliphatic carbocycles. The van der Waals surface area contributed by atoms with Gasteiger partial charge in [-0.1, -0.05) is 51.1 Å². The Morgan fingerprint density at radius 3 is 2.27 bits per heavy atom. The number of hydrogen-bond donors (Lipinski definition) is 5. The quantitative estimate of drug-likeness (QED) is 0.173. The summed E-state index contributed by atoms with van der Waals surface area (Å²) in [6.45, 7) is 6.85. The molecule has 5 N–H and O–H groups in total. The van der Waals surface area contributed by atoms with Crippen molar-refractivity contribution in [2.24, 2.45) is 0 Å². The zero-order valence-electron chi connectivity index (χ0n) is 22.5. The molecule has 1 aromatic carbocycles. The van der Waals surface area contributed by atoms with E-state index < -0.39 is 11.9 Å². The summed E-state index contributed by atoms with van der Waals surface area (Å²) in [5.74, 6) is -1.15. The molecular formula is C28H33N7O5. The van der Waals surface area contributed by atoms with Crippen molar-refractivity contribution in [3.8, 4) is 11.3 Å². The number of anilines is 2. The SMILES string of the molecule is CC[C@H](CO)Nc1nc(NCc2ccc(-c3ccccn3)cc2)n2ncc(C(C)C)c2n1.O=C(O)C=CC(=O)O. The second-order valence-corrected chi connectivity index (χ2v) is 9.07. The number of hydrogen-bond acceptors (Lipinski definition) is 9. The predicted molar refractivity (Wildman–Crippen MR) is 151 cm³/mol. The Morgan fingerprint density at radius 2 is 1.73 bits per heavy atom. The lowest BCUT2D eigenvalue weighted by atomic mass is 10.1. The predicted octanol–water partition coefficient (Wildman–Crippen LogP) is 3.82. The van der Waals surface area contributed by atoms with Crippen LogP contribution in [0.4, 0.5) is 11.9 Å². The van der Waals surface area contributed by atoms with E-state index in [1.165, 1.54) is 0 Å². The Bertz CT molecular complexity index is 1420. The maximum atomic E-state index is 9.57. The molecule has 12 nitrogen and oxygen atoms in total. The third kappa shape index (κ3) is 8.33. The first-order valence-electron chi connectivity index (χ1n) is 12.7. The molecule has 4 rings (SSSR count). The van der Waals surface area contributed by atoms with Crippen LogP contribution in [0.1, 0.15) is 44.2 Å². The van der Waals surface area contributed by atoms with Gasteiger partial charge >= 0.3 is 11.9 Å². The fourth-order valence-corrected chi connectivity index (χ4v) is 3.59. The number of nitrogens with zero attached hydrogens (tertiary/aromatic N) is 5. The molecule has 3 heterocycles. The van der Waals surface area contributed by atoms with Crippen LogP contribution in [0.25, 0.3) is 16.9 Å². The molecule has 0 unspecified atom stereocenters. The van der Waals surface area contributed by atoms with E-state index in [0.29, 0.717) is 30.6 Å². The summed E-state index contributed by atoms with van der Waals surface area (Å²) in [6.07, 6.45) is 5.53. The van der Waals surface area contributed by atoms with Crippen LogP contribution in [0.15, 0.2) is 67.0 Å². The maximum Gasteiger partial charge on any atom is 0.328 e. The lowest BCUT2D eigenvalue weighted by Crippen LogP contribution is -2.24. The summed E-state index contributed by atoms with van der Waals surface area (Å²) in [5, 5.41) is 36.3. The van der Waals surface area contributed by atoms with Crippen molar-refractivity contribution in [3.05, 3.63) is 78.1 Å². The van der Waals surface area contributed by atoms with Crippen LogP contribution in [-0.4, -0.2) is 64.5 Å². The summed E-state index contributed by atoms with van der Waals surface area (Å²) in [6, 6.07) is 14.1. The van der Waals surface area contributed by atoms with Crippen LogP contribution in [0.5, 0.6) is 0 Å². The zero-order chi connectivity index (χ0) is 29.1. The standard InChI is InChI=1S/C24H29N7O.C4H4O4/c1-4-19(15-32)28-23-29-22-20(16(2)3)14-27-31(22)24(30-23)26-13-17-8-10-18(11-9-17)21-7-5-6-12-25-21;5-3(6)1-2-4(7)8/h5-12,14,16,19,32H,4,13,15H2,1-3H3,(H2,26,28,29,30);1-2H,(H,5,6)(H,7,8)/t19-;/m1./s1. The largest absolute Gasteiger partial charge is 0.478 e. The summed E-state index contributed by atoms with van der Waals surface area (Å²) >= 11 is 0. The van der Waals surface area contributed by atoms with Gasteiger partial charge in [0.2, 0.25) is 11.9 Å². The average molecular weight is 548 g/mol. The van der Waals surface area contributed by atoms with Crippen molar-refractivity contribution in [2.75, 3.05) is 17.2 Å². The number of carboxylic acids is 2. The van der Waals surface area contributed by atoms with Crippen molar-refractivity contribution in [1.29, 1.82) is 0 Å². The first kappa shape index (κ1) is 29.7. The molecule has 3 aromatic heterocycles. The van der Waals surface area contributed by atoms with E-state index in [9.17, 15) is 14.7 Å². The Hall–Kier alpha value is -4.84. The number of nitrogens with one attached hydrogen (secondary N) is 2. The van der Waals surface area contributed by atoms with E-state index in [-0.39, 0.29) is 18.6 Å². The molecule has 0 aliphatic rings. The van der Waals surface area contributed by atoms with Crippen LogP contribution in [0.2, 0.25) is 0 Å². The van der Waals surface area contributed by atoms with Gasteiger partial charge < -0.3 is 26.0 Å². The van der Waals surface area contributed by atoms with Gasteiger partial charge in [-0.05, 0) is 30.0 Å². The fourth-order valence-electron chi connectivity index (χ4n) is 3.59. The Labute approximate surface area is 231 Å². The van der Waals surface area contributed by atoms with Gasteiger partial charge in [-0.25, -0.2) is 9.59 Å². The fraction of sp³-hybridized carbons (Fsp3) is 0.286. The minimum atomic E-state index is -1.26. The normalized spacial score (nSPS) is 11.7. The van der Waals surface area contributed by atoms with Gasteiger partial charge in [-0.15, -0.1) is 0 Å². The van der Waals surface area contributed by atoms with Crippen molar-refractivity contribution in [3.63, 3.8) is 0 Å². The second-order valence-electron chi connectivity index (χ2n) is 9.07. The molecule has 0 bridgehead atoms. The van der Waals surface area contributed by atoms with E-state index in [1.807, 2.05) is 31.3 Å². The topological polar surface area (TPSA) is 175 Å². The minimum absolute atomic E-state index is 0.0206. The van der Waals surface area contributed by atoms with E-state index >= 15 is 0 Å². The van der Waals surface area contributed by atoms with Gasteiger partial charge in [0.25, 0.3) is 0 Å². The summed E-state index contributed by atoms with van der Waals surface area (Å²) in [7, 11) is 0. The van der Waals surface area contributed by atoms with E-state index in [0.717, 1.165) is 34.5 Å². The van der Waals surface area contributed by atoms with Gasteiger partial charge in [-0.2, -0.15) is 19.6 Å². The number of aliphatic hydroxyl groups excluding tert-OH is 1. The lowest BCUT2D eigenvalue weighted by molar-refractivity contribution is -0.134. The lowest BCUT2D eigenvalue weighted by Gasteiger charge is -2.16. The number of carboxylic acid groups (broad SMARTS) is 2. The van der Waals surface area contributed by atoms with Crippen molar-refractivity contribution in [2.45, 2.75) is 45.7 Å². The number of carbonyl (C=O) groups is 2. The number of aromatic nitrogens is 5. The third-order valence-corrected chi connectivity index (χ3v) is 5.80. The highest BCUT2D eigenvalue weighted by Gasteiger charge is 2.16. The number of pyridine rings is 1. The summed E-state index contributed by atoms with van der Waals surface area (Å²) < 4.78 is 1.74. The van der Waals surface area contributed by atoms with Crippen molar-refractivity contribution < 1.29 is 24.9 Å².